The molecule has 1 aromatic carbocycles. The Morgan fingerprint density at radius 3 is 2.74 bits per heavy atom. The number of rotatable bonds is 5. The molecule has 0 bridgehead atoms. The van der Waals surface area contributed by atoms with E-state index in [1.807, 2.05) is 0 Å². The number of carbonyl (C=O) groups excluding carboxylic acids is 2. The molecule has 102 valence electrons. The van der Waals surface area contributed by atoms with E-state index in [-0.39, 0.29) is 24.4 Å². The Balaban J connectivity index is 1.82. The van der Waals surface area contributed by atoms with Gasteiger partial charge in [-0.3, -0.25) is 9.59 Å². The molecule has 0 unspecified atom stereocenters. The third kappa shape index (κ3) is 4.02. The van der Waals surface area contributed by atoms with Gasteiger partial charge < -0.3 is 10.6 Å². The predicted molar refractivity (Wildman–Crippen MR) is 72.2 cm³/mol. The minimum Gasteiger partial charge on any atom is -0.353 e. The van der Waals surface area contributed by atoms with Crippen molar-refractivity contribution in [2.45, 2.75) is 25.3 Å². The average molecular weight is 329 g/mol. The van der Waals surface area contributed by atoms with Gasteiger partial charge in [-0.2, -0.15) is 0 Å². The van der Waals surface area contributed by atoms with Crippen LogP contribution in [0.25, 0.3) is 0 Å². The van der Waals surface area contributed by atoms with Crippen LogP contribution in [0.3, 0.4) is 0 Å². The number of hydrogen-bond donors (Lipinski definition) is 2. The molecule has 19 heavy (non-hydrogen) atoms. The van der Waals surface area contributed by atoms with Crippen LogP contribution in [0, 0.1) is 5.82 Å². The second-order valence-corrected chi connectivity index (χ2v) is 5.30. The Morgan fingerprint density at radius 1 is 1.37 bits per heavy atom. The SMILES string of the molecule is O=C(CCNC(=O)c1c(F)cccc1Br)NC1CC1. The third-order valence-corrected chi connectivity index (χ3v) is 3.43. The molecule has 0 aliphatic heterocycles. The Morgan fingerprint density at radius 2 is 2.11 bits per heavy atom. The topological polar surface area (TPSA) is 58.2 Å². The van der Waals surface area contributed by atoms with E-state index in [1.165, 1.54) is 12.1 Å². The fraction of sp³-hybridized carbons (Fsp3) is 0.385. The first-order valence-corrected chi connectivity index (χ1v) is 6.89. The summed E-state index contributed by atoms with van der Waals surface area (Å²) in [4.78, 5) is 23.2. The van der Waals surface area contributed by atoms with E-state index in [0.29, 0.717) is 10.5 Å². The van der Waals surface area contributed by atoms with Crippen LogP contribution in [0.2, 0.25) is 0 Å². The van der Waals surface area contributed by atoms with E-state index in [4.69, 9.17) is 0 Å². The summed E-state index contributed by atoms with van der Waals surface area (Å²) in [6.45, 7) is 0.193. The fourth-order valence-electron chi connectivity index (χ4n) is 1.62. The molecule has 2 N–H and O–H groups in total. The average Bonchev–Trinajstić information content (AvgIpc) is 3.12. The standard InChI is InChI=1S/C13H14BrFN2O2/c14-9-2-1-3-10(15)12(9)13(19)16-7-6-11(18)17-8-4-5-8/h1-3,8H,4-7H2,(H,16,19)(H,17,18). The van der Waals surface area contributed by atoms with Crippen LogP contribution in [0.5, 0.6) is 0 Å². The molecule has 2 rings (SSSR count). The molecule has 6 heteroatoms. The number of nitrogens with one attached hydrogen (secondary N) is 2. The highest BCUT2D eigenvalue weighted by Gasteiger charge is 2.23. The van der Waals surface area contributed by atoms with Gasteiger partial charge in [0, 0.05) is 23.5 Å². The van der Waals surface area contributed by atoms with Crippen molar-refractivity contribution in [3.05, 3.63) is 34.1 Å². The van der Waals surface area contributed by atoms with Gasteiger partial charge in [0.15, 0.2) is 0 Å². The molecule has 4 nitrogen and oxygen atoms in total. The van der Waals surface area contributed by atoms with E-state index in [0.717, 1.165) is 12.8 Å². The van der Waals surface area contributed by atoms with Gasteiger partial charge >= 0.3 is 0 Å². The Labute approximate surface area is 118 Å². The van der Waals surface area contributed by atoms with E-state index >= 15 is 0 Å². The number of amides is 2. The van der Waals surface area contributed by atoms with E-state index in [1.54, 1.807) is 6.07 Å². The van der Waals surface area contributed by atoms with Gasteiger partial charge in [0.25, 0.3) is 5.91 Å². The van der Waals surface area contributed by atoms with Crippen LogP contribution in [0.4, 0.5) is 4.39 Å². The molecule has 0 heterocycles. The summed E-state index contributed by atoms with van der Waals surface area (Å²) in [6, 6.07) is 4.64. The van der Waals surface area contributed by atoms with Crippen molar-refractivity contribution >= 4 is 27.7 Å². The van der Waals surface area contributed by atoms with Crippen molar-refractivity contribution in [1.82, 2.24) is 10.6 Å². The van der Waals surface area contributed by atoms with Crippen molar-refractivity contribution in [3.63, 3.8) is 0 Å². The smallest absolute Gasteiger partial charge is 0.255 e. The monoisotopic (exact) mass is 328 g/mol. The first-order valence-electron chi connectivity index (χ1n) is 6.09. The molecular weight excluding hydrogens is 315 g/mol. The quantitative estimate of drug-likeness (QED) is 0.868. The molecule has 1 aliphatic carbocycles. The number of halogens is 2. The van der Waals surface area contributed by atoms with Crippen molar-refractivity contribution < 1.29 is 14.0 Å². The molecule has 0 saturated heterocycles. The highest BCUT2D eigenvalue weighted by atomic mass is 79.9. The third-order valence-electron chi connectivity index (χ3n) is 2.77. The summed E-state index contributed by atoms with van der Waals surface area (Å²) < 4.78 is 13.9. The maximum atomic E-state index is 13.5. The summed E-state index contributed by atoms with van der Waals surface area (Å²) >= 11 is 3.13. The largest absolute Gasteiger partial charge is 0.353 e. The molecule has 0 aromatic heterocycles. The predicted octanol–water partition coefficient (Wildman–Crippen LogP) is 1.99. The van der Waals surface area contributed by atoms with E-state index in [2.05, 4.69) is 26.6 Å². The second-order valence-electron chi connectivity index (χ2n) is 4.44. The maximum absolute atomic E-state index is 13.5. The lowest BCUT2D eigenvalue weighted by molar-refractivity contribution is -0.121. The summed E-state index contributed by atoms with van der Waals surface area (Å²) in [7, 11) is 0. The van der Waals surface area contributed by atoms with Crippen molar-refractivity contribution in [2.75, 3.05) is 6.54 Å². The van der Waals surface area contributed by atoms with Crippen LogP contribution in [0.15, 0.2) is 22.7 Å². The highest BCUT2D eigenvalue weighted by molar-refractivity contribution is 9.10. The van der Waals surface area contributed by atoms with Gasteiger partial charge in [0.1, 0.15) is 5.82 Å². The zero-order chi connectivity index (χ0) is 13.8. The molecular formula is C13H14BrFN2O2. The summed E-state index contributed by atoms with van der Waals surface area (Å²) in [5.74, 6) is -1.20. The van der Waals surface area contributed by atoms with Crippen molar-refractivity contribution in [1.29, 1.82) is 0 Å². The Kier molecular flexibility index (Phi) is 4.52. The lowest BCUT2D eigenvalue weighted by Gasteiger charge is -2.08. The molecule has 0 spiro atoms. The zero-order valence-corrected chi connectivity index (χ0v) is 11.8. The van der Waals surface area contributed by atoms with Gasteiger partial charge in [-0.1, -0.05) is 6.07 Å². The molecule has 1 aliphatic rings. The number of carbonyl (C=O) groups is 2. The van der Waals surface area contributed by atoms with Crippen LogP contribution in [0.1, 0.15) is 29.6 Å². The minimum absolute atomic E-state index is 0.0369. The molecule has 2 amide bonds. The van der Waals surface area contributed by atoms with Gasteiger partial charge in [0.05, 0.1) is 5.56 Å². The Bertz CT molecular complexity index is 483. The van der Waals surface area contributed by atoms with Crippen molar-refractivity contribution in [2.24, 2.45) is 0 Å². The molecule has 1 fully saturated rings. The minimum atomic E-state index is -0.589. The van der Waals surface area contributed by atoms with Gasteiger partial charge in [0.2, 0.25) is 5.91 Å². The molecule has 0 radical (unpaired) electrons. The van der Waals surface area contributed by atoms with Gasteiger partial charge in [-0.15, -0.1) is 0 Å². The summed E-state index contributed by atoms with van der Waals surface area (Å²) in [5, 5.41) is 5.35. The lowest BCUT2D eigenvalue weighted by atomic mass is 10.2. The Hall–Kier alpha value is -1.43. The first kappa shape index (κ1) is 14.0. The van der Waals surface area contributed by atoms with E-state index < -0.39 is 11.7 Å². The number of benzene rings is 1. The normalized spacial score (nSPS) is 14.0. The summed E-state index contributed by atoms with van der Waals surface area (Å²) in [5.41, 5.74) is -0.0369. The lowest BCUT2D eigenvalue weighted by Crippen LogP contribution is -2.32. The molecule has 1 saturated carbocycles. The van der Waals surface area contributed by atoms with Crippen molar-refractivity contribution in [3.8, 4) is 0 Å². The van der Waals surface area contributed by atoms with Crippen LogP contribution in [-0.2, 0) is 4.79 Å². The van der Waals surface area contributed by atoms with Crippen LogP contribution >= 0.6 is 15.9 Å². The maximum Gasteiger partial charge on any atom is 0.255 e. The van der Waals surface area contributed by atoms with Crippen LogP contribution < -0.4 is 10.6 Å². The van der Waals surface area contributed by atoms with Gasteiger partial charge in [-0.25, -0.2) is 4.39 Å². The second kappa shape index (κ2) is 6.14. The fourth-order valence-corrected chi connectivity index (χ4v) is 2.14. The van der Waals surface area contributed by atoms with Gasteiger partial charge in [-0.05, 0) is 40.9 Å². The summed E-state index contributed by atoms with van der Waals surface area (Å²) in [6.07, 6.45) is 2.26. The molecule has 0 atom stereocenters. The first-order chi connectivity index (χ1) is 9.08. The van der Waals surface area contributed by atoms with E-state index in [9.17, 15) is 14.0 Å². The number of hydrogen-bond acceptors (Lipinski definition) is 2. The zero-order valence-electron chi connectivity index (χ0n) is 10.2. The van der Waals surface area contributed by atoms with Crippen LogP contribution in [-0.4, -0.2) is 24.4 Å². The highest BCUT2D eigenvalue weighted by Crippen LogP contribution is 2.19. The molecule has 1 aromatic rings.